The van der Waals surface area contributed by atoms with Crippen molar-refractivity contribution < 1.29 is 51.8 Å². The van der Waals surface area contributed by atoms with E-state index in [-0.39, 0.29) is 43.4 Å². The van der Waals surface area contributed by atoms with Crippen molar-refractivity contribution in [2.45, 2.75) is 82.6 Å². The molecule has 1 heterocycles. The van der Waals surface area contributed by atoms with Crippen LogP contribution in [-0.2, 0) is 39.5 Å². The Labute approximate surface area is 444 Å². The molecule has 5 aromatic rings. The third-order valence-corrected chi connectivity index (χ3v) is 15.1. The van der Waals surface area contributed by atoms with E-state index in [1.54, 1.807) is 36.2 Å². The van der Waals surface area contributed by atoms with Crippen molar-refractivity contribution in [2.24, 2.45) is 15.6 Å². The number of sulfonamides is 1. The topological polar surface area (TPSA) is 193 Å². The number of carbonyl (C=O) groups is 3. The number of quaternary nitrogens is 1. The fraction of sp³-hybridized carbons (Fsp3) is 0.431. The Balaban J connectivity index is 0.00000138. The van der Waals surface area contributed by atoms with Gasteiger partial charge in [-0.25, -0.2) is 13.1 Å². The van der Waals surface area contributed by atoms with Crippen LogP contribution in [0.25, 0.3) is 0 Å². The summed E-state index contributed by atoms with van der Waals surface area (Å²) in [5, 5.41) is 19.6. The number of hydrogen-bond acceptors (Lipinski definition) is 13. The lowest BCUT2D eigenvalue weighted by Gasteiger charge is -2.44. The number of unbranched alkanes of at least 4 members (excludes halogenated alkanes) is 2. The minimum absolute atomic E-state index is 0.0241. The first-order chi connectivity index (χ1) is 36.1. The Morgan fingerprint density at radius 1 is 0.680 bits per heavy atom. The highest BCUT2D eigenvalue weighted by Crippen LogP contribution is 2.44. The first kappa shape index (κ1) is 59.2. The van der Waals surface area contributed by atoms with Crippen LogP contribution in [0, 0.1) is 5.41 Å². The highest BCUT2D eigenvalue weighted by atomic mass is 32.2. The van der Waals surface area contributed by atoms with Gasteiger partial charge in [0.25, 0.3) is 0 Å². The Morgan fingerprint density at radius 3 is 1.68 bits per heavy atom. The van der Waals surface area contributed by atoms with Gasteiger partial charge >= 0.3 is 5.97 Å². The van der Waals surface area contributed by atoms with Gasteiger partial charge in [0.1, 0.15) is 17.1 Å². The van der Waals surface area contributed by atoms with Crippen LogP contribution >= 0.6 is 0 Å². The summed E-state index contributed by atoms with van der Waals surface area (Å²) in [6, 6.07) is 38.9. The minimum atomic E-state index is -3.76. The highest BCUT2D eigenvalue weighted by Gasteiger charge is 2.44. The van der Waals surface area contributed by atoms with Crippen LogP contribution in [0.4, 0.5) is 17.1 Å². The standard InChI is InChI=1S/C52H61N5O10S.C6H15N/c1-56(2)44-22-18-42(19-23-44)54-55-43-20-28-47(29-21-43)68(62,63)53-34-10-6-9-13-48(58)57-35-32-51(33-36-57,37-66-50(61)31-30-49(59)60)38-67-52(39-11-7-5-8-12-39,40-14-24-45(64-3)25-15-40)41-16-26-46(65-4)27-17-41;1-4-7(5-2)6-3/h5,7-8,11-12,14-29,53H,6,9-10,13,30-38H2,1-4H3,(H,59,60);4-6H2,1-3H3. The van der Waals surface area contributed by atoms with E-state index in [0.29, 0.717) is 68.1 Å². The number of amides is 1. The van der Waals surface area contributed by atoms with Crippen molar-refractivity contribution >= 4 is 44.9 Å². The Kier molecular flexibility index (Phi) is 23.2. The van der Waals surface area contributed by atoms with Crippen molar-refractivity contribution in [1.29, 1.82) is 0 Å². The maximum Gasteiger partial charge on any atom is 0.306 e. The van der Waals surface area contributed by atoms with Crippen molar-refractivity contribution in [1.82, 2.24) is 9.62 Å². The van der Waals surface area contributed by atoms with Gasteiger partial charge in [-0.15, -0.1) is 0 Å². The Morgan fingerprint density at radius 2 is 1.20 bits per heavy atom. The molecule has 0 saturated carbocycles. The molecule has 0 bridgehead atoms. The van der Waals surface area contributed by atoms with Gasteiger partial charge in [-0.2, -0.15) is 10.2 Å². The summed E-state index contributed by atoms with van der Waals surface area (Å²) in [6.07, 6.45) is 2.14. The molecule has 1 aliphatic rings. The van der Waals surface area contributed by atoms with Crippen molar-refractivity contribution in [3.8, 4) is 11.5 Å². The zero-order chi connectivity index (χ0) is 54.3. The third kappa shape index (κ3) is 17.5. The second kappa shape index (κ2) is 29.4. The van der Waals surface area contributed by atoms with E-state index >= 15 is 0 Å². The molecule has 1 aliphatic heterocycles. The molecule has 16 nitrogen and oxygen atoms in total. The smallest absolute Gasteiger partial charge is 0.306 e. The largest absolute Gasteiger partial charge is 0.550 e. The predicted octanol–water partition coefficient (Wildman–Crippen LogP) is 7.65. The molecule has 1 fully saturated rings. The number of azo groups is 1. The van der Waals surface area contributed by atoms with E-state index < -0.39 is 39.4 Å². The molecule has 404 valence electrons. The van der Waals surface area contributed by atoms with Crippen LogP contribution < -0.4 is 29.1 Å². The zero-order valence-electron chi connectivity index (χ0n) is 44.7. The van der Waals surface area contributed by atoms with Crippen LogP contribution in [0.5, 0.6) is 11.5 Å². The number of esters is 1. The predicted molar refractivity (Wildman–Crippen MR) is 289 cm³/mol. The number of benzene rings is 5. The summed E-state index contributed by atoms with van der Waals surface area (Å²) in [4.78, 5) is 43.1. The summed E-state index contributed by atoms with van der Waals surface area (Å²) >= 11 is 0. The second-order valence-corrected chi connectivity index (χ2v) is 20.6. The average Bonchev–Trinajstić information content (AvgIpc) is 3.44. The lowest BCUT2D eigenvalue weighted by atomic mass is 9.77. The van der Waals surface area contributed by atoms with E-state index in [1.807, 2.05) is 122 Å². The minimum Gasteiger partial charge on any atom is -0.550 e. The Bertz CT molecular complexity index is 2600. The fourth-order valence-electron chi connectivity index (χ4n) is 8.81. The summed E-state index contributed by atoms with van der Waals surface area (Å²) < 4.78 is 52.7. The van der Waals surface area contributed by atoms with Gasteiger partial charge in [-0.05, 0) is 142 Å². The molecule has 0 spiro atoms. The van der Waals surface area contributed by atoms with Gasteiger partial charge in [0.2, 0.25) is 15.9 Å². The quantitative estimate of drug-likeness (QED) is 0.0227. The van der Waals surface area contributed by atoms with Crippen molar-refractivity contribution in [3.05, 3.63) is 144 Å². The van der Waals surface area contributed by atoms with Gasteiger partial charge in [0.15, 0.2) is 0 Å². The molecule has 6 rings (SSSR count). The normalized spacial score (nSPS) is 13.5. The molecule has 75 heavy (non-hydrogen) atoms. The van der Waals surface area contributed by atoms with E-state index in [1.165, 1.54) is 31.8 Å². The maximum atomic E-state index is 13.6. The van der Waals surface area contributed by atoms with Crippen LogP contribution in [0.3, 0.4) is 0 Å². The van der Waals surface area contributed by atoms with E-state index in [2.05, 4.69) is 35.7 Å². The number of carboxylic acids is 1. The molecule has 0 atom stereocenters. The van der Waals surface area contributed by atoms with E-state index in [9.17, 15) is 27.9 Å². The molecule has 0 unspecified atom stereocenters. The number of likely N-dealkylation sites (tertiary alicyclic amines) is 1. The lowest BCUT2D eigenvalue weighted by molar-refractivity contribution is -0.894. The lowest BCUT2D eigenvalue weighted by Crippen LogP contribution is -3.11. The number of nitrogens with zero attached hydrogens (tertiary/aromatic N) is 4. The molecular formula is C58H76N6O10S. The molecule has 2 N–H and O–H groups in total. The fourth-order valence-corrected chi connectivity index (χ4v) is 9.88. The van der Waals surface area contributed by atoms with Gasteiger partial charge in [-0.1, -0.05) is 61.0 Å². The van der Waals surface area contributed by atoms with Crippen molar-refractivity contribution in [2.75, 3.05) is 85.7 Å². The molecule has 0 radical (unpaired) electrons. The number of ether oxygens (including phenoxy) is 4. The van der Waals surface area contributed by atoms with Gasteiger partial charge in [-0.3, -0.25) is 9.59 Å². The zero-order valence-corrected chi connectivity index (χ0v) is 45.5. The number of carboxylic acid groups (broad SMARTS) is 1. The van der Waals surface area contributed by atoms with Crippen LogP contribution in [-0.4, -0.2) is 112 Å². The number of hydrogen-bond donors (Lipinski definition) is 2. The number of anilines is 1. The Hall–Kier alpha value is -6.66. The second-order valence-electron chi connectivity index (χ2n) is 18.8. The van der Waals surface area contributed by atoms with Crippen LogP contribution in [0.1, 0.15) is 88.8 Å². The summed E-state index contributed by atoms with van der Waals surface area (Å²) in [7, 11) is 3.36. The number of methoxy groups -OCH3 is 2. The van der Waals surface area contributed by atoms with E-state index in [0.717, 1.165) is 22.4 Å². The monoisotopic (exact) mass is 1050 g/mol. The number of carbonyl (C=O) groups excluding carboxylic acids is 3. The van der Waals surface area contributed by atoms with Crippen LogP contribution in [0.15, 0.2) is 143 Å². The van der Waals surface area contributed by atoms with Gasteiger partial charge < -0.3 is 43.5 Å². The number of aliphatic carboxylic acids is 1. The SMILES string of the molecule is CC[NH+](CC)CC.COc1ccc(C(OCC2(COC(=O)CCC(=O)[O-])CCN(C(=O)CCCCCNS(=O)(=O)c3ccc(N=Nc4ccc(N(C)C)cc4)cc3)CC2)(c2ccccc2)c2ccc(OC)cc2)cc1. The molecule has 17 heteroatoms. The van der Waals surface area contributed by atoms with Gasteiger partial charge in [0, 0.05) is 57.2 Å². The molecule has 5 aromatic carbocycles. The summed E-state index contributed by atoms with van der Waals surface area (Å²) in [5.74, 6) is -0.679. The summed E-state index contributed by atoms with van der Waals surface area (Å²) in [5.41, 5.74) is 2.86. The maximum absolute atomic E-state index is 13.6. The third-order valence-electron chi connectivity index (χ3n) is 13.7. The average molecular weight is 1050 g/mol. The molecule has 1 saturated heterocycles. The van der Waals surface area contributed by atoms with Gasteiger partial charge in [0.05, 0.1) is 69.8 Å². The molecule has 0 aromatic heterocycles. The number of piperidine rings is 1. The van der Waals surface area contributed by atoms with E-state index in [4.69, 9.17) is 18.9 Å². The molecule has 0 aliphatic carbocycles. The first-order valence-corrected chi connectivity index (χ1v) is 27.3. The van der Waals surface area contributed by atoms with Crippen molar-refractivity contribution in [3.63, 3.8) is 0 Å². The summed E-state index contributed by atoms with van der Waals surface area (Å²) in [6.45, 7) is 11.5. The number of nitrogens with one attached hydrogen (secondary N) is 2. The van der Waals surface area contributed by atoms with Crippen LogP contribution in [0.2, 0.25) is 0 Å². The number of rotatable bonds is 27. The molecular weight excluding hydrogens is 973 g/mol. The first-order valence-electron chi connectivity index (χ1n) is 25.8. The molecule has 1 amide bonds. The highest BCUT2D eigenvalue weighted by molar-refractivity contribution is 7.89.